The molecule has 112 valence electrons. The maximum atomic E-state index is 12.3. The van der Waals surface area contributed by atoms with Crippen molar-refractivity contribution >= 4 is 21.6 Å². The molecule has 1 amide bonds. The van der Waals surface area contributed by atoms with Gasteiger partial charge in [-0.05, 0) is 37.6 Å². The minimum atomic E-state index is -3.71. The summed E-state index contributed by atoms with van der Waals surface area (Å²) in [4.78, 5) is 11.6. The highest BCUT2D eigenvalue weighted by Gasteiger charge is 2.19. The van der Waals surface area contributed by atoms with Crippen LogP contribution in [0.4, 0.5) is 5.69 Å². The van der Waals surface area contributed by atoms with E-state index in [2.05, 4.69) is 20.2 Å². The van der Waals surface area contributed by atoms with Crippen molar-refractivity contribution in [2.24, 2.45) is 0 Å². The molecule has 0 saturated heterocycles. The number of carbonyl (C=O) groups is 1. The Labute approximate surface area is 122 Å². The van der Waals surface area contributed by atoms with Crippen molar-refractivity contribution < 1.29 is 13.2 Å². The van der Waals surface area contributed by atoms with Crippen molar-refractivity contribution in [2.45, 2.75) is 18.7 Å². The minimum Gasteiger partial charge on any atom is -0.355 e. The summed E-state index contributed by atoms with van der Waals surface area (Å²) in [5.74, 6) is -0.224. The summed E-state index contributed by atoms with van der Waals surface area (Å²) in [5, 5.41) is 8.80. The molecule has 0 aliphatic rings. The summed E-state index contributed by atoms with van der Waals surface area (Å²) in [6.45, 7) is 3.36. The number of nitrogens with one attached hydrogen (secondary N) is 3. The Morgan fingerprint density at radius 1 is 1.29 bits per heavy atom. The van der Waals surface area contributed by atoms with Crippen molar-refractivity contribution in [3.05, 3.63) is 41.2 Å². The maximum Gasteiger partial charge on any atom is 0.265 e. The molecule has 0 atom stereocenters. The van der Waals surface area contributed by atoms with E-state index in [1.54, 1.807) is 32.0 Å². The number of aromatic nitrogens is 2. The van der Waals surface area contributed by atoms with Crippen molar-refractivity contribution in [1.82, 2.24) is 15.5 Å². The Balaban J connectivity index is 2.32. The van der Waals surface area contributed by atoms with Gasteiger partial charge in [0.2, 0.25) is 0 Å². The fraction of sp³-hybridized carbons (Fsp3) is 0.231. The maximum absolute atomic E-state index is 12.3. The number of H-pyrrole nitrogens is 1. The lowest BCUT2D eigenvalue weighted by atomic mass is 10.1. The van der Waals surface area contributed by atoms with E-state index in [1.807, 2.05) is 0 Å². The number of carbonyl (C=O) groups excluding carboxylic acids is 1. The van der Waals surface area contributed by atoms with E-state index in [0.29, 0.717) is 22.5 Å². The van der Waals surface area contributed by atoms with Gasteiger partial charge in [0.15, 0.2) is 0 Å². The highest BCUT2D eigenvalue weighted by molar-refractivity contribution is 7.92. The van der Waals surface area contributed by atoms with Gasteiger partial charge in [0.05, 0.1) is 17.6 Å². The number of hydrogen-bond acceptors (Lipinski definition) is 4. The second kappa shape index (κ2) is 5.57. The predicted molar refractivity (Wildman–Crippen MR) is 78.7 cm³/mol. The van der Waals surface area contributed by atoms with Crippen LogP contribution in [0.5, 0.6) is 0 Å². The number of amides is 1. The van der Waals surface area contributed by atoms with Crippen LogP contribution in [-0.4, -0.2) is 31.6 Å². The molecule has 1 aromatic carbocycles. The van der Waals surface area contributed by atoms with Crippen LogP contribution in [-0.2, 0) is 10.0 Å². The van der Waals surface area contributed by atoms with Crippen LogP contribution in [0.15, 0.2) is 29.3 Å². The van der Waals surface area contributed by atoms with Gasteiger partial charge in [-0.1, -0.05) is 0 Å². The zero-order chi connectivity index (χ0) is 15.6. The Kier molecular flexibility index (Phi) is 3.99. The first-order chi connectivity index (χ1) is 9.85. The predicted octanol–water partition coefficient (Wildman–Crippen LogP) is 1.19. The fourth-order valence-electron chi connectivity index (χ4n) is 1.87. The molecule has 7 nitrogen and oxygen atoms in total. The summed E-state index contributed by atoms with van der Waals surface area (Å²) < 4.78 is 27.0. The number of anilines is 1. The first-order valence-corrected chi connectivity index (χ1v) is 7.69. The molecule has 0 aliphatic heterocycles. The van der Waals surface area contributed by atoms with Crippen LogP contribution >= 0.6 is 0 Å². The van der Waals surface area contributed by atoms with Crippen LogP contribution in [0.2, 0.25) is 0 Å². The zero-order valence-corrected chi connectivity index (χ0v) is 12.7. The molecule has 1 heterocycles. The van der Waals surface area contributed by atoms with Crippen LogP contribution in [0.3, 0.4) is 0 Å². The van der Waals surface area contributed by atoms with Gasteiger partial charge in [0, 0.05) is 12.6 Å². The first-order valence-electron chi connectivity index (χ1n) is 6.20. The summed E-state index contributed by atoms with van der Waals surface area (Å²) >= 11 is 0. The molecule has 8 heteroatoms. The number of benzene rings is 1. The van der Waals surface area contributed by atoms with E-state index in [9.17, 15) is 13.2 Å². The Morgan fingerprint density at radius 3 is 2.52 bits per heavy atom. The molecular formula is C13H16N4O3S. The molecule has 0 aliphatic carbocycles. The van der Waals surface area contributed by atoms with Gasteiger partial charge in [-0.2, -0.15) is 5.10 Å². The smallest absolute Gasteiger partial charge is 0.265 e. The monoisotopic (exact) mass is 308 g/mol. The van der Waals surface area contributed by atoms with Gasteiger partial charge in [0.25, 0.3) is 15.9 Å². The molecule has 0 spiro atoms. The second-order valence-corrected chi connectivity index (χ2v) is 6.22. The van der Waals surface area contributed by atoms with Gasteiger partial charge < -0.3 is 5.32 Å². The highest BCUT2D eigenvalue weighted by atomic mass is 32.2. The van der Waals surface area contributed by atoms with E-state index in [1.165, 1.54) is 13.2 Å². The molecule has 21 heavy (non-hydrogen) atoms. The topological polar surface area (TPSA) is 104 Å². The summed E-state index contributed by atoms with van der Waals surface area (Å²) in [6, 6.07) is 4.75. The highest BCUT2D eigenvalue weighted by Crippen LogP contribution is 2.21. The van der Waals surface area contributed by atoms with Crippen molar-refractivity contribution in [3.8, 4) is 0 Å². The number of aryl methyl sites for hydroxylation is 2. The van der Waals surface area contributed by atoms with Crippen LogP contribution in [0.1, 0.15) is 21.6 Å². The lowest BCUT2D eigenvalue weighted by Gasteiger charge is -2.11. The van der Waals surface area contributed by atoms with Gasteiger partial charge in [0.1, 0.15) is 4.90 Å². The minimum absolute atomic E-state index is 0.0947. The average molecular weight is 308 g/mol. The quantitative estimate of drug-likeness (QED) is 0.789. The fourth-order valence-corrected chi connectivity index (χ4v) is 3.14. The van der Waals surface area contributed by atoms with Crippen LogP contribution in [0, 0.1) is 13.8 Å². The lowest BCUT2D eigenvalue weighted by Crippen LogP contribution is -2.18. The average Bonchev–Trinajstić information content (AvgIpc) is 2.87. The van der Waals surface area contributed by atoms with Gasteiger partial charge >= 0.3 is 0 Å². The van der Waals surface area contributed by atoms with Gasteiger partial charge in [-0.3, -0.25) is 14.6 Å². The number of hydrogen-bond donors (Lipinski definition) is 3. The summed E-state index contributed by atoms with van der Waals surface area (Å²) in [6.07, 6.45) is 1.26. The molecule has 0 fully saturated rings. The largest absolute Gasteiger partial charge is 0.355 e. The van der Waals surface area contributed by atoms with Gasteiger partial charge in [-0.25, -0.2) is 8.42 Å². The van der Waals surface area contributed by atoms with E-state index in [0.717, 1.165) is 0 Å². The number of sulfonamides is 1. The van der Waals surface area contributed by atoms with Crippen molar-refractivity contribution in [2.75, 3.05) is 11.8 Å². The van der Waals surface area contributed by atoms with E-state index >= 15 is 0 Å². The zero-order valence-electron chi connectivity index (χ0n) is 11.9. The van der Waals surface area contributed by atoms with E-state index in [4.69, 9.17) is 0 Å². The molecule has 0 radical (unpaired) electrons. The summed E-state index contributed by atoms with van der Waals surface area (Å²) in [5.41, 5.74) is 2.00. The third kappa shape index (κ3) is 3.05. The van der Waals surface area contributed by atoms with E-state index < -0.39 is 10.0 Å². The number of rotatable bonds is 4. The summed E-state index contributed by atoms with van der Waals surface area (Å²) in [7, 11) is -2.17. The van der Waals surface area contributed by atoms with Crippen molar-refractivity contribution in [3.63, 3.8) is 0 Å². The van der Waals surface area contributed by atoms with Crippen LogP contribution in [0.25, 0.3) is 0 Å². The Morgan fingerprint density at radius 2 is 2.00 bits per heavy atom. The Hall–Kier alpha value is -2.35. The number of aromatic amines is 1. The third-order valence-corrected chi connectivity index (χ3v) is 4.51. The van der Waals surface area contributed by atoms with Crippen molar-refractivity contribution in [1.29, 1.82) is 0 Å². The Bertz CT molecular complexity index is 780. The standard InChI is InChI=1S/C13H16N4O3S/c1-8-6-10(13(18)14-3)4-5-11(8)17-21(19,20)12-7-15-16-9(12)2/h4-7,17H,1-3H3,(H,14,18)(H,15,16). The normalized spacial score (nSPS) is 11.2. The number of nitrogens with zero attached hydrogens (tertiary/aromatic N) is 1. The van der Waals surface area contributed by atoms with Gasteiger partial charge in [-0.15, -0.1) is 0 Å². The second-order valence-electron chi connectivity index (χ2n) is 4.57. The molecule has 0 unspecified atom stereocenters. The first kappa shape index (κ1) is 15.0. The molecule has 1 aromatic heterocycles. The van der Waals surface area contributed by atoms with Crippen LogP contribution < -0.4 is 10.0 Å². The third-order valence-electron chi connectivity index (χ3n) is 3.03. The lowest BCUT2D eigenvalue weighted by molar-refractivity contribution is 0.0963. The van der Waals surface area contributed by atoms with E-state index in [-0.39, 0.29) is 10.8 Å². The molecular weight excluding hydrogens is 292 g/mol. The molecule has 0 saturated carbocycles. The molecule has 2 rings (SSSR count). The molecule has 0 bridgehead atoms. The molecule has 2 aromatic rings. The molecule has 3 N–H and O–H groups in total. The SMILES string of the molecule is CNC(=O)c1ccc(NS(=O)(=O)c2cn[nH]c2C)c(C)c1.